The molecule has 0 aliphatic carbocycles. The van der Waals surface area contributed by atoms with E-state index in [1.165, 1.54) is 0 Å². The summed E-state index contributed by atoms with van der Waals surface area (Å²) >= 11 is 0. The van der Waals surface area contributed by atoms with E-state index in [0.29, 0.717) is 29.9 Å². The smallest absolute Gasteiger partial charge is 0.224 e. The van der Waals surface area contributed by atoms with E-state index in [2.05, 4.69) is 15.3 Å². The topological polar surface area (TPSA) is 76.5 Å². The Morgan fingerprint density at radius 3 is 2.57 bits per heavy atom. The van der Waals surface area contributed by atoms with Crippen LogP contribution in [0.25, 0.3) is 0 Å². The van der Waals surface area contributed by atoms with Crippen LogP contribution in [0.5, 0.6) is 11.6 Å². The molecule has 0 fully saturated rings. The fourth-order valence-electron chi connectivity index (χ4n) is 1.77. The third-order valence-corrected chi connectivity index (χ3v) is 2.71. The summed E-state index contributed by atoms with van der Waals surface area (Å²) in [5.41, 5.74) is 0.832. The molecule has 0 radical (unpaired) electrons. The van der Waals surface area contributed by atoms with Crippen molar-refractivity contribution in [1.82, 2.24) is 9.97 Å². The number of hydrogen-bond donors (Lipinski definition) is 2. The van der Waals surface area contributed by atoms with Crippen LogP contribution in [0.2, 0.25) is 0 Å². The van der Waals surface area contributed by atoms with E-state index in [9.17, 15) is 0 Å². The summed E-state index contributed by atoms with van der Waals surface area (Å²) in [5.74, 6) is 2.35. The van der Waals surface area contributed by atoms with E-state index in [0.717, 1.165) is 12.1 Å². The van der Waals surface area contributed by atoms with Crippen molar-refractivity contribution in [3.05, 3.63) is 41.7 Å². The van der Waals surface area contributed by atoms with E-state index >= 15 is 0 Å². The Labute approximate surface area is 123 Å². The molecule has 6 heteroatoms. The van der Waals surface area contributed by atoms with Crippen molar-refractivity contribution < 1.29 is 14.6 Å². The van der Waals surface area contributed by atoms with Gasteiger partial charge in [-0.25, -0.2) is 4.98 Å². The molecule has 0 saturated carbocycles. The number of anilines is 1. The molecule has 0 saturated heterocycles. The van der Waals surface area contributed by atoms with Crippen molar-refractivity contribution in [3.8, 4) is 11.6 Å². The van der Waals surface area contributed by atoms with Gasteiger partial charge in [0.2, 0.25) is 5.88 Å². The lowest BCUT2D eigenvalue weighted by Crippen LogP contribution is -2.05. The van der Waals surface area contributed by atoms with Gasteiger partial charge in [0.05, 0.1) is 6.61 Å². The molecule has 1 heterocycles. The molecule has 112 valence electrons. The van der Waals surface area contributed by atoms with Gasteiger partial charge in [0.25, 0.3) is 0 Å². The second-order valence-electron chi connectivity index (χ2n) is 4.38. The van der Waals surface area contributed by atoms with Crippen LogP contribution in [0.1, 0.15) is 18.3 Å². The highest BCUT2D eigenvalue weighted by Crippen LogP contribution is 2.22. The Balaban J connectivity index is 2.20. The minimum Gasteiger partial charge on any atom is -0.439 e. The van der Waals surface area contributed by atoms with Crippen LogP contribution in [0.3, 0.4) is 0 Å². The number of nitrogens with one attached hydrogen (secondary N) is 1. The summed E-state index contributed by atoms with van der Waals surface area (Å²) < 4.78 is 10.8. The van der Waals surface area contributed by atoms with Crippen LogP contribution in [0, 0.1) is 0 Å². The lowest BCUT2D eigenvalue weighted by atomic mass is 10.2. The highest BCUT2D eigenvalue weighted by atomic mass is 16.5. The van der Waals surface area contributed by atoms with Gasteiger partial charge >= 0.3 is 0 Å². The van der Waals surface area contributed by atoms with Crippen molar-refractivity contribution >= 4 is 5.82 Å². The average molecular weight is 289 g/mol. The number of aromatic nitrogens is 2. The third-order valence-electron chi connectivity index (χ3n) is 2.71. The quantitative estimate of drug-likeness (QED) is 0.814. The summed E-state index contributed by atoms with van der Waals surface area (Å²) in [4.78, 5) is 8.62. The Morgan fingerprint density at radius 1 is 1.19 bits per heavy atom. The maximum Gasteiger partial charge on any atom is 0.224 e. The largest absolute Gasteiger partial charge is 0.439 e. The summed E-state index contributed by atoms with van der Waals surface area (Å²) in [6.07, 6.45) is 0. The SMILES string of the molecule is CCNc1cc(Oc2ccc(CO)cc2)nc(COC)n1. The third kappa shape index (κ3) is 4.40. The molecule has 2 N–H and O–H groups in total. The van der Waals surface area contributed by atoms with E-state index in [1.807, 2.05) is 6.92 Å². The molecule has 0 spiro atoms. The highest BCUT2D eigenvalue weighted by molar-refractivity contribution is 5.40. The van der Waals surface area contributed by atoms with Gasteiger partial charge < -0.3 is 19.9 Å². The van der Waals surface area contributed by atoms with Crippen molar-refractivity contribution in [2.75, 3.05) is 19.0 Å². The minimum absolute atomic E-state index is 0.0103. The normalized spacial score (nSPS) is 10.4. The summed E-state index contributed by atoms with van der Waals surface area (Å²) in [6, 6.07) is 8.92. The molecule has 0 unspecified atom stereocenters. The van der Waals surface area contributed by atoms with Gasteiger partial charge in [-0.1, -0.05) is 12.1 Å². The fourth-order valence-corrected chi connectivity index (χ4v) is 1.77. The molecular formula is C15H19N3O3. The predicted octanol–water partition coefficient (Wildman–Crippen LogP) is 2.34. The van der Waals surface area contributed by atoms with Crippen molar-refractivity contribution in [3.63, 3.8) is 0 Å². The molecule has 0 aliphatic rings. The molecule has 1 aromatic carbocycles. The first-order chi connectivity index (χ1) is 10.2. The maximum atomic E-state index is 9.03. The zero-order valence-electron chi connectivity index (χ0n) is 12.2. The Bertz CT molecular complexity index is 549. The molecular weight excluding hydrogens is 270 g/mol. The molecule has 6 nitrogen and oxygen atoms in total. The summed E-state index contributed by atoms with van der Waals surface area (Å²) in [7, 11) is 1.59. The monoisotopic (exact) mass is 289 g/mol. The van der Waals surface area contributed by atoms with Gasteiger partial charge in [0, 0.05) is 19.7 Å². The van der Waals surface area contributed by atoms with E-state index in [1.54, 1.807) is 37.4 Å². The number of nitrogens with zero attached hydrogens (tertiary/aromatic N) is 2. The molecule has 21 heavy (non-hydrogen) atoms. The van der Waals surface area contributed by atoms with Gasteiger partial charge in [0.15, 0.2) is 5.82 Å². The van der Waals surface area contributed by atoms with Crippen LogP contribution in [-0.2, 0) is 18.0 Å². The zero-order chi connectivity index (χ0) is 15.1. The number of methoxy groups -OCH3 is 1. The first-order valence-corrected chi connectivity index (χ1v) is 6.73. The van der Waals surface area contributed by atoms with Crippen LogP contribution in [0.4, 0.5) is 5.82 Å². The zero-order valence-corrected chi connectivity index (χ0v) is 12.2. The number of ether oxygens (including phenoxy) is 2. The van der Waals surface area contributed by atoms with E-state index in [-0.39, 0.29) is 6.61 Å². The average Bonchev–Trinajstić information content (AvgIpc) is 2.48. The lowest BCUT2D eigenvalue weighted by molar-refractivity contribution is 0.177. The first kappa shape index (κ1) is 15.2. The number of aliphatic hydroxyl groups excluding tert-OH is 1. The van der Waals surface area contributed by atoms with Crippen LogP contribution < -0.4 is 10.1 Å². The van der Waals surface area contributed by atoms with Gasteiger partial charge in [-0.05, 0) is 24.6 Å². The number of aliphatic hydroxyl groups is 1. The van der Waals surface area contributed by atoms with Gasteiger partial charge in [-0.2, -0.15) is 4.98 Å². The molecule has 0 amide bonds. The van der Waals surface area contributed by atoms with Crippen molar-refractivity contribution in [1.29, 1.82) is 0 Å². The lowest BCUT2D eigenvalue weighted by Gasteiger charge is -2.10. The van der Waals surface area contributed by atoms with Crippen molar-refractivity contribution in [2.45, 2.75) is 20.1 Å². The Morgan fingerprint density at radius 2 is 1.95 bits per heavy atom. The van der Waals surface area contributed by atoms with Gasteiger partial charge in [0.1, 0.15) is 18.2 Å². The minimum atomic E-state index is 0.0103. The van der Waals surface area contributed by atoms with E-state index in [4.69, 9.17) is 14.6 Å². The Hall–Kier alpha value is -2.18. The van der Waals surface area contributed by atoms with Crippen molar-refractivity contribution in [2.24, 2.45) is 0 Å². The predicted molar refractivity (Wildman–Crippen MR) is 79.3 cm³/mol. The molecule has 0 atom stereocenters. The molecule has 2 aromatic rings. The highest BCUT2D eigenvalue weighted by Gasteiger charge is 2.06. The van der Waals surface area contributed by atoms with E-state index < -0.39 is 0 Å². The first-order valence-electron chi connectivity index (χ1n) is 6.73. The molecule has 0 bridgehead atoms. The number of hydrogen-bond acceptors (Lipinski definition) is 6. The Kier molecular flexibility index (Phi) is 5.48. The molecule has 0 aliphatic heterocycles. The van der Waals surface area contributed by atoms with Gasteiger partial charge in [-0.15, -0.1) is 0 Å². The fraction of sp³-hybridized carbons (Fsp3) is 0.333. The number of benzene rings is 1. The summed E-state index contributed by atoms with van der Waals surface area (Å²) in [5, 5.41) is 12.2. The maximum absolute atomic E-state index is 9.03. The second kappa shape index (κ2) is 7.56. The number of rotatable bonds is 7. The van der Waals surface area contributed by atoms with Crippen LogP contribution in [-0.4, -0.2) is 28.7 Å². The molecule has 1 aromatic heterocycles. The van der Waals surface area contributed by atoms with Gasteiger partial charge in [-0.3, -0.25) is 0 Å². The molecule has 2 rings (SSSR count). The van der Waals surface area contributed by atoms with Crippen LogP contribution in [0.15, 0.2) is 30.3 Å². The summed E-state index contributed by atoms with van der Waals surface area (Å²) in [6.45, 7) is 3.08. The standard InChI is InChI=1S/C15H19N3O3/c1-3-16-13-8-15(18-14(17-13)10-20-2)21-12-6-4-11(9-19)5-7-12/h4-8,19H,3,9-10H2,1-2H3,(H,16,17,18). The van der Waals surface area contributed by atoms with Crippen LogP contribution >= 0.6 is 0 Å². The second-order valence-corrected chi connectivity index (χ2v) is 4.38.